The summed E-state index contributed by atoms with van der Waals surface area (Å²) in [5, 5.41) is 16.9. The molecule has 376 valence electrons. The third-order valence-corrected chi connectivity index (χ3v) is 18.0. The molecule has 76 heavy (non-hydrogen) atoms. The predicted molar refractivity (Wildman–Crippen MR) is 320 cm³/mol. The Morgan fingerprint density at radius 3 is 0.974 bits per heavy atom. The van der Waals surface area contributed by atoms with Crippen LogP contribution in [0.1, 0.15) is 130 Å². The van der Waals surface area contributed by atoms with E-state index < -0.39 is 0 Å². The maximum Gasteiger partial charge on any atom is 0.261 e. The van der Waals surface area contributed by atoms with Gasteiger partial charge in [0.1, 0.15) is 0 Å². The molecule has 4 amide bonds. The van der Waals surface area contributed by atoms with Crippen LogP contribution in [0.2, 0.25) is 0 Å². The van der Waals surface area contributed by atoms with Crippen LogP contribution in [0.4, 0.5) is 0 Å². The first kappa shape index (κ1) is 48.6. The molecule has 0 fully saturated rings. The number of benzene rings is 11. The molecule has 0 N–H and O–H groups in total. The number of amides is 4. The van der Waals surface area contributed by atoms with E-state index >= 15 is 0 Å². The fraction of sp³-hybridized carbons (Fsp3) is 0.235. The van der Waals surface area contributed by atoms with Gasteiger partial charge in [-0.05, 0) is 140 Å². The number of halogens is 2. The smallest absolute Gasteiger partial charge is 0.261 e. The number of hydrogen-bond acceptors (Lipinski definition) is 4. The topological polar surface area (TPSA) is 74.8 Å². The number of carbonyl (C=O) groups is 4. The number of rotatable bonds is 18. The van der Waals surface area contributed by atoms with Gasteiger partial charge in [0, 0.05) is 76.6 Å². The van der Waals surface area contributed by atoms with Crippen molar-refractivity contribution >= 4 is 142 Å². The minimum atomic E-state index is -0.277. The van der Waals surface area contributed by atoms with Crippen LogP contribution in [0.3, 0.4) is 0 Å². The van der Waals surface area contributed by atoms with Crippen LogP contribution in [0, 0.1) is 0 Å². The SMILES string of the molecule is O=C1c2ccc3c4c(Br)cc5c6c(ccc(c7c(Br)cc(c2c37)C(=O)N1CCCCCCCCc1c2ccccc2cc2ccccc12)c64)C(=O)N(CCCCCCCCc1c2ccccc2cc2ccccc12)C5=O. The molecule has 13 rings (SSSR count). The van der Waals surface area contributed by atoms with Gasteiger partial charge in [-0.3, -0.25) is 29.0 Å². The van der Waals surface area contributed by atoms with E-state index in [2.05, 4.69) is 141 Å². The van der Waals surface area contributed by atoms with E-state index in [1.165, 1.54) is 64.0 Å². The molecule has 0 spiro atoms. The minimum absolute atomic E-state index is 0.267. The summed E-state index contributed by atoms with van der Waals surface area (Å²) >= 11 is 7.78. The van der Waals surface area contributed by atoms with Crippen LogP contribution < -0.4 is 0 Å². The Morgan fingerprint density at radius 1 is 0.289 bits per heavy atom. The fourth-order valence-corrected chi connectivity index (χ4v) is 14.5. The van der Waals surface area contributed by atoms with E-state index in [4.69, 9.17) is 0 Å². The van der Waals surface area contributed by atoms with E-state index in [0.717, 1.165) is 131 Å². The highest BCUT2D eigenvalue weighted by atomic mass is 79.9. The average Bonchev–Trinajstić information content (AvgIpc) is 3.44. The maximum absolute atomic E-state index is 14.4. The van der Waals surface area contributed by atoms with Crippen molar-refractivity contribution in [1.82, 2.24) is 9.80 Å². The summed E-state index contributed by atoms with van der Waals surface area (Å²) in [6.45, 7) is 0.733. The quantitative estimate of drug-likeness (QED) is 0.0371. The maximum atomic E-state index is 14.4. The standard InChI is InChI=1S/C68H56Br2N2O4/c69-57-39-55-59-53(65(73)71(67(55)75)35-19-7-3-1-5-9-29-49-45-25-15-11-21-41(45)37-42-22-12-16-26-46(42)49)33-31-51-62-58(70)40-56-60-54(34-32-52(64(60)62)61(57)63(51)59)66(74)72(68(56)76)36-20-8-4-2-6-10-30-50-47-27-17-13-23-43(47)38-44-24-14-18-28-48(44)50/h11-18,21-28,31-34,37-40H,1-10,19-20,29-30,35-36H2. The van der Waals surface area contributed by atoms with Crippen molar-refractivity contribution < 1.29 is 19.2 Å². The second-order valence-electron chi connectivity index (χ2n) is 21.2. The van der Waals surface area contributed by atoms with E-state index in [1.807, 2.05) is 36.4 Å². The number of nitrogens with zero attached hydrogens (tertiary/aromatic N) is 2. The number of carbonyl (C=O) groups excluding carboxylic acids is 4. The predicted octanol–water partition coefficient (Wildman–Crippen LogP) is 18.2. The van der Waals surface area contributed by atoms with Crippen LogP contribution in [0.25, 0.3) is 86.2 Å². The van der Waals surface area contributed by atoms with Crippen molar-refractivity contribution in [1.29, 1.82) is 0 Å². The van der Waals surface area contributed by atoms with Gasteiger partial charge in [-0.1, -0.05) is 192 Å². The van der Waals surface area contributed by atoms with Crippen LogP contribution in [-0.4, -0.2) is 46.5 Å². The number of hydrogen-bond donors (Lipinski definition) is 0. The van der Waals surface area contributed by atoms with E-state index in [1.54, 1.807) is 0 Å². The second kappa shape index (κ2) is 20.2. The molecule has 0 aromatic heterocycles. The summed E-state index contributed by atoms with van der Waals surface area (Å²) in [6.07, 6.45) is 14.2. The highest BCUT2D eigenvalue weighted by Gasteiger charge is 2.38. The van der Waals surface area contributed by atoms with Crippen molar-refractivity contribution in [3.63, 3.8) is 0 Å². The van der Waals surface area contributed by atoms with Gasteiger partial charge in [-0.25, -0.2) is 0 Å². The van der Waals surface area contributed by atoms with E-state index in [-0.39, 0.29) is 23.6 Å². The Labute approximate surface area is 458 Å². The number of aryl methyl sites for hydroxylation is 2. The summed E-state index contributed by atoms with van der Waals surface area (Å²) in [5.41, 5.74) is 4.91. The Bertz CT molecular complexity index is 3840. The molecule has 0 atom stereocenters. The van der Waals surface area contributed by atoms with Crippen molar-refractivity contribution in [2.24, 2.45) is 0 Å². The molecule has 0 bridgehead atoms. The molecule has 8 heteroatoms. The lowest BCUT2D eigenvalue weighted by Gasteiger charge is -2.31. The molecule has 11 aromatic carbocycles. The highest BCUT2D eigenvalue weighted by Crippen LogP contribution is 2.50. The molecule has 2 aliphatic rings. The molecule has 2 heterocycles. The van der Waals surface area contributed by atoms with Gasteiger partial charge in [0.2, 0.25) is 0 Å². The Hall–Kier alpha value is -7.00. The van der Waals surface area contributed by atoms with Gasteiger partial charge in [0.05, 0.1) is 0 Å². The third-order valence-electron chi connectivity index (χ3n) is 16.8. The Kier molecular flexibility index (Phi) is 12.9. The molecule has 0 saturated carbocycles. The summed E-state index contributed by atoms with van der Waals surface area (Å²) in [6, 6.07) is 50.8. The molecule has 0 aliphatic carbocycles. The number of unbranched alkanes of at least 4 members (excludes halogenated alkanes) is 10. The van der Waals surface area contributed by atoms with Crippen LogP contribution in [0.15, 0.2) is 155 Å². The first-order valence-electron chi connectivity index (χ1n) is 27.4. The molecule has 11 aromatic rings. The molecule has 0 radical (unpaired) electrons. The minimum Gasteiger partial charge on any atom is -0.274 e. The highest BCUT2D eigenvalue weighted by molar-refractivity contribution is 9.11. The van der Waals surface area contributed by atoms with Gasteiger partial charge in [0.25, 0.3) is 23.6 Å². The molecule has 2 aliphatic heterocycles. The van der Waals surface area contributed by atoms with Gasteiger partial charge in [0.15, 0.2) is 0 Å². The van der Waals surface area contributed by atoms with Gasteiger partial charge < -0.3 is 0 Å². The molecule has 0 unspecified atom stereocenters. The van der Waals surface area contributed by atoms with Crippen LogP contribution in [-0.2, 0) is 12.8 Å². The zero-order valence-electron chi connectivity index (χ0n) is 42.5. The monoisotopic (exact) mass is 1120 g/mol. The zero-order chi connectivity index (χ0) is 51.6. The zero-order valence-corrected chi connectivity index (χ0v) is 45.6. The molecule has 0 saturated heterocycles. The van der Waals surface area contributed by atoms with Crippen molar-refractivity contribution in [3.05, 3.63) is 188 Å². The summed E-state index contributed by atoms with van der Waals surface area (Å²) in [4.78, 5) is 60.5. The Balaban J connectivity index is 0.668. The van der Waals surface area contributed by atoms with Crippen molar-refractivity contribution in [2.75, 3.05) is 13.1 Å². The summed E-state index contributed by atoms with van der Waals surface area (Å²) in [7, 11) is 0. The van der Waals surface area contributed by atoms with Crippen molar-refractivity contribution in [3.8, 4) is 0 Å². The molecule has 6 nitrogen and oxygen atoms in total. The lowest BCUT2D eigenvalue weighted by Crippen LogP contribution is -2.41. The largest absolute Gasteiger partial charge is 0.274 e. The third kappa shape index (κ3) is 8.17. The normalized spacial score (nSPS) is 13.8. The van der Waals surface area contributed by atoms with Crippen molar-refractivity contribution in [2.45, 2.75) is 89.9 Å². The summed E-state index contributed by atoms with van der Waals surface area (Å²) in [5.74, 6) is -1.09. The molecular weight excluding hydrogens is 1070 g/mol. The van der Waals surface area contributed by atoms with Crippen LogP contribution in [0.5, 0.6) is 0 Å². The van der Waals surface area contributed by atoms with E-state index in [9.17, 15) is 19.2 Å². The summed E-state index contributed by atoms with van der Waals surface area (Å²) < 4.78 is 1.46. The molecular formula is C68H56Br2N2O4. The first-order chi connectivity index (χ1) is 37.3. The average molecular weight is 1130 g/mol. The number of fused-ring (bicyclic) bond motifs is 6. The van der Waals surface area contributed by atoms with Crippen LogP contribution >= 0.6 is 31.9 Å². The van der Waals surface area contributed by atoms with E-state index in [0.29, 0.717) is 46.1 Å². The van der Waals surface area contributed by atoms with Gasteiger partial charge in [-0.2, -0.15) is 0 Å². The fourth-order valence-electron chi connectivity index (χ4n) is 13.2. The lowest BCUT2D eigenvalue weighted by atomic mass is 9.82. The Morgan fingerprint density at radius 2 is 0.605 bits per heavy atom. The lowest BCUT2D eigenvalue weighted by molar-refractivity contribution is 0.0592. The number of imide groups is 2. The second-order valence-corrected chi connectivity index (χ2v) is 23.0. The first-order valence-corrected chi connectivity index (χ1v) is 29.0. The van der Waals surface area contributed by atoms with Gasteiger partial charge >= 0.3 is 0 Å². The van der Waals surface area contributed by atoms with Gasteiger partial charge in [-0.15, -0.1) is 0 Å².